The molecule has 0 aromatic heterocycles. The molecule has 46 heavy (non-hydrogen) atoms. The van der Waals surface area contributed by atoms with Crippen LogP contribution in [0.4, 0.5) is 0 Å². The topological polar surface area (TPSA) is 160 Å². The number of carbonyl (C=O) groups is 5. The summed E-state index contributed by atoms with van der Waals surface area (Å²) in [6, 6.07) is 0. The molecule has 2 aliphatic rings. The number of carboxylic acid groups (broad SMARTS) is 2. The molecule has 1 unspecified atom stereocenters. The van der Waals surface area contributed by atoms with Crippen molar-refractivity contribution in [2.75, 3.05) is 26.4 Å². The lowest BCUT2D eigenvalue weighted by atomic mass is 10.1. The van der Waals surface area contributed by atoms with E-state index in [1.807, 2.05) is 0 Å². The van der Waals surface area contributed by atoms with Gasteiger partial charge in [-0.25, -0.2) is 19.2 Å². The normalized spacial score (nSPS) is 14.3. The van der Waals surface area contributed by atoms with Crippen LogP contribution in [0.5, 0.6) is 0 Å². The van der Waals surface area contributed by atoms with Crippen LogP contribution in [0.1, 0.15) is 97.3 Å². The van der Waals surface area contributed by atoms with E-state index in [1.54, 1.807) is 18.0 Å². The van der Waals surface area contributed by atoms with Crippen LogP contribution in [0, 0.1) is 0 Å². The molecule has 11 heteroatoms. The lowest BCUT2D eigenvalue weighted by molar-refractivity contribution is -0.140. The summed E-state index contributed by atoms with van der Waals surface area (Å²) < 4.78 is 14.7. The maximum atomic E-state index is 11.2. The molecule has 2 heterocycles. The number of hydrogen-bond acceptors (Lipinski definition) is 8. The van der Waals surface area contributed by atoms with Gasteiger partial charge in [-0.05, 0) is 32.4 Å². The van der Waals surface area contributed by atoms with E-state index in [0.29, 0.717) is 25.2 Å². The number of allylic oxidation sites excluding steroid dienone is 1. The van der Waals surface area contributed by atoms with Gasteiger partial charge in [0.25, 0.3) is 0 Å². The fourth-order valence-corrected chi connectivity index (χ4v) is 3.56. The molecule has 0 aliphatic carbocycles. The van der Waals surface area contributed by atoms with Gasteiger partial charge in [0.2, 0.25) is 5.91 Å². The Labute approximate surface area is 274 Å². The third kappa shape index (κ3) is 30.1. The van der Waals surface area contributed by atoms with Gasteiger partial charge in [0.15, 0.2) is 0 Å². The van der Waals surface area contributed by atoms with Crippen molar-refractivity contribution in [2.45, 2.75) is 103 Å². The number of aliphatic carboxylic acids is 2. The molecule has 11 nitrogen and oxygen atoms in total. The highest BCUT2D eigenvalue weighted by atomic mass is 16.6. The van der Waals surface area contributed by atoms with E-state index in [4.69, 9.17) is 24.4 Å². The third-order valence-corrected chi connectivity index (χ3v) is 6.30. The zero-order valence-electron chi connectivity index (χ0n) is 27.8. The molecule has 260 valence electrons. The van der Waals surface area contributed by atoms with Crippen molar-refractivity contribution < 1.29 is 48.4 Å². The maximum Gasteiger partial charge on any atom is 0.333 e. The van der Waals surface area contributed by atoms with E-state index in [-0.39, 0.29) is 36.6 Å². The predicted molar refractivity (Wildman–Crippen MR) is 178 cm³/mol. The first kappa shape index (κ1) is 44.1. The Bertz CT molecular complexity index is 997. The minimum absolute atomic E-state index is 0.0244. The summed E-state index contributed by atoms with van der Waals surface area (Å²) in [6.07, 6.45) is 19.6. The number of amides is 1. The van der Waals surface area contributed by atoms with E-state index in [0.717, 1.165) is 31.5 Å². The Hall–Kier alpha value is -3.99. The van der Waals surface area contributed by atoms with Gasteiger partial charge in [-0.1, -0.05) is 97.1 Å². The number of carbonyl (C=O) groups excluding carboxylic acids is 3. The van der Waals surface area contributed by atoms with Crippen molar-refractivity contribution in [1.82, 2.24) is 4.90 Å². The largest absolute Gasteiger partial charge is 0.478 e. The standard InChI is InChI=1S/C16H30O2.C10H12O5.C6H9NO.C3H4O2/c1-4-5-6-7-8-9-10-11-12-13-14-18-16(17)15(2)3;1-7(3-2-4-9(11)12)10(13)15-6-8-5-14-8;1-2-7-5-3-4-6(7)8;1-2-3(4)5/h2,4-14H2,1,3H3;2,4,8H,1,3,5-6H2,(H,11,12);2H,1,3-5H2;2H,1H2,(H,4,5). The van der Waals surface area contributed by atoms with E-state index in [1.165, 1.54) is 63.9 Å². The molecule has 0 aromatic carbocycles. The number of ether oxygens (including phenoxy) is 3. The lowest BCUT2D eigenvalue weighted by Gasteiger charge is -2.05. The van der Waals surface area contributed by atoms with Crippen molar-refractivity contribution in [2.24, 2.45) is 0 Å². The Morgan fingerprint density at radius 3 is 1.85 bits per heavy atom. The first-order chi connectivity index (χ1) is 21.9. The second kappa shape index (κ2) is 29.7. The SMILES string of the molecule is C=C(C)C(=O)OCCCCCCCCCCCC.C=C(CC=CC(=O)O)C(=O)OCC1CO1.C=CC(=O)O.C=CN1CCCC1=O. The quantitative estimate of drug-likeness (QED) is 0.0640. The van der Waals surface area contributed by atoms with Crippen molar-refractivity contribution in [3.8, 4) is 0 Å². The summed E-state index contributed by atoms with van der Waals surface area (Å²) in [6.45, 7) is 19.7. The van der Waals surface area contributed by atoms with Crippen LogP contribution in [0.15, 0.2) is 61.9 Å². The maximum absolute atomic E-state index is 11.2. The smallest absolute Gasteiger partial charge is 0.333 e. The van der Waals surface area contributed by atoms with Crippen LogP contribution in [-0.2, 0) is 38.2 Å². The van der Waals surface area contributed by atoms with E-state index in [9.17, 15) is 24.0 Å². The summed E-state index contributed by atoms with van der Waals surface area (Å²) in [5, 5.41) is 15.9. The summed E-state index contributed by atoms with van der Waals surface area (Å²) >= 11 is 0. The van der Waals surface area contributed by atoms with Crippen molar-refractivity contribution >= 4 is 29.8 Å². The molecule has 2 saturated heterocycles. The van der Waals surface area contributed by atoms with Gasteiger partial charge in [0.05, 0.1) is 13.2 Å². The first-order valence-electron chi connectivity index (χ1n) is 15.8. The molecule has 2 rings (SSSR count). The van der Waals surface area contributed by atoms with Gasteiger partial charge in [-0.3, -0.25) is 4.79 Å². The van der Waals surface area contributed by atoms with Gasteiger partial charge in [-0.15, -0.1) is 0 Å². The molecule has 0 radical (unpaired) electrons. The second-order valence-electron chi connectivity index (χ2n) is 10.6. The molecule has 0 aromatic rings. The highest BCUT2D eigenvalue weighted by Crippen LogP contribution is 2.12. The van der Waals surface area contributed by atoms with Gasteiger partial charge in [0, 0.05) is 36.3 Å². The first-order valence-corrected chi connectivity index (χ1v) is 15.8. The van der Waals surface area contributed by atoms with E-state index < -0.39 is 17.9 Å². The third-order valence-electron chi connectivity index (χ3n) is 6.30. The van der Waals surface area contributed by atoms with Crippen molar-refractivity contribution in [3.63, 3.8) is 0 Å². The average Bonchev–Trinajstić information content (AvgIpc) is 3.76. The number of hydrogen-bond donors (Lipinski definition) is 2. The van der Waals surface area contributed by atoms with E-state index >= 15 is 0 Å². The van der Waals surface area contributed by atoms with Gasteiger partial charge in [0.1, 0.15) is 12.7 Å². The molecule has 0 spiro atoms. The Kier molecular flexibility index (Phi) is 28.5. The van der Waals surface area contributed by atoms with Crippen molar-refractivity contribution in [3.05, 3.63) is 61.9 Å². The van der Waals surface area contributed by atoms with Crippen LogP contribution in [0.2, 0.25) is 0 Å². The molecule has 2 aliphatic heterocycles. The molecule has 2 N–H and O–H groups in total. The second-order valence-corrected chi connectivity index (χ2v) is 10.6. The van der Waals surface area contributed by atoms with E-state index in [2.05, 4.69) is 33.2 Å². The monoisotopic (exact) mass is 649 g/mol. The van der Waals surface area contributed by atoms with Crippen LogP contribution < -0.4 is 0 Å². The Balaban J connectivity index is 0. The van der Waals surface area contributed by atoms with Crippen molar-refractivity contribution in [1.29, 1.82) is 0 Å². The molecule has 0 saturated carbocycles. The van der Waals surface area contributed by atoms with Crippen LogP contribution in [0.25, 0.3) is 0 Å². The fourth-order valence-electron chi connectivity index (χ4n) is 3.56. The Morgan fingerprint density at radius 2 is 1.46 bits per heavy atom. The van der Waals surface area contributed by atoms with Crippen LogP contribution in [0.3, 0.4) is 0 Å². The molecule has 2 fully saturated rings. The number of rotatable bonds is 20. The zero-order chi connectivity index (χ0) is 35.2. The van der Waals surface area contributed by atoms with Gasteiger partial charge >= 0.3 is 23.9 Å². The Morgan fingerprint density at radius 1 is 0.913 bits per heavy atom. The fraction of sp³-hybridized carbons (Fsp3) is 0.571. The minimum Gasteiger partial charge on any atom is -0.478 e. The minimum atomic E-state index is -1.05. The summed E-state index contributed by atoms with van der Waals surface area (Å²) in [7, 11) is 0. The van der Waals surface area contributed by atoms with Gasteiger partial charge < -0.3 is 29.3 Å². The highest BCUT2D eigenvalue weighted by Gasteiger charge is 2.24. The molecular weight excluding hydrogens is 594 g/mol. The highest BCUT2D eigenvalue weighted by molar-refractivity contribution is 5.88. The lowest BCUT2D eigenvalue weighted by Crippen LogP contribution is -2.16. The van der Waals surface area contributed by atoms with Crippen LogP contribution in [-0.4, -0.2) is 77.4 Å². The van der Waals surface area contributed by atoms with Crippen LogP contribution >= 0.6 is 0 Å². The number of likely N-dealkylation sites (tertiary alicyclic amines) is 1. The predicted octanol–water partition coefficient (Wildman–Crippen LogP) is 6.55. The number of unbranched alkanes of at least 4 members (excludes halogenated alkanes) is 9. The average molecular weight is 650 g/mol. The summed E-state index contributed by atoms with van der Waals surface area (Å²) in [5.41, 5.74) is 0.718. The molecule has 1 atom stereocenters. The number of nitrogens with zero attached hydrogens (tertiary/aromatic N) is 1. The summed E-state index contributed by atoms with van der Waals surface area (Å²) in [4.78, 5) is 54.0. The molecule has 0 bridgehead atoms. The summed E-state index contributed by atoms with van der Waals surface area (Å²) in [5.74, 6) is -2.60. The number of esters is 2. The zero-order valence-corrected chi connectivity index (χ0v) is 27.8. The molecular formula is C35H55NO10. The number of epoxide rings is 1. The molecule has 1 amide bonds. The van der Waals surface area contributed by atoms with Gasteiger partial charge in [-0.2, -0.15) is 0 Å². The number of carboxylic acids is 2.